The first kappa shape index (κ1) is 19.5. The molecule has 0 unspecified atom stereocenters. The molecule has 0 saturated heterocycles. The van der Waals surface area contributed by atoms with Crippen LogP contribution < -0.4 is 10.1 Å². The molecule has 0 bridgehead atoms. The molecule has 2 rings (SSSR count). The third-order valence-corrected chi connectivity index (χ3v) is 3.49. The summed E-state index contributed by atoms with van der Waals surface area (Å²) in [6, 6.07) is 16.1. The number of esters is 1. The number of amides is 1. The van der Waals surface area contributed by atoms with Gasteiger partial charge in [-0.25, -0.2) is 4.79 Å². The Kier molecular flexibility index (Phi) is 8.15. The van der Waals surface area contributed by atoms with Gasteiger partial charge >= 0.3 is 5.97 Å². The summed E-state index contributed by atoms with van der Waals surface area (Å²) in [6.45, 7) is 1.04. The summed E-state index contributed by atoms with van der Waals surface area (Å²) in [5, 5.41) is 2.79. The lowest BCUT2D eigenvalue weighted by molar-refractivity contribution is -0.116. The van der Waals surface area contributed by atoms with Crippen LogP contribution in [0, 0.1) is 0 Å². The molecule has 0 aliphatic carbocycles. The molecule has 0 spiro atoms. The molecule has 6 heteroatoms. The minimum atomic E-state index is -0.419. The molecule has 6 nitrogen and oxygen atoms in total. The molecule has 0 aliphatic rings. The van der Waals surface area contributed by atoms with Crippen LogP contribution in [0.25, 0.3) is 0 Å². The zero-order valence-electron chi connectivity index (χ0n) is 14.8. The van der Waals surface area contributed by atoms with Gasteiger partial charge in [-0.15, -0.1) is 0 Å². The topological polar surface area (TPSA) is 73.9 Å². The van der Waals surface area contributed by atoms with Gasteiger partial charge in [-0.05, 0) is 42.8 Å². The van der Waals surface area contributed by atoms with Crippen molar-refractivity contribution in [1.29, 1.82) is 0 Å². The van der Waals surface area contributed by atoms with Gasteiger partial charge in [0.25, 0.3) is 0 Å². The number of carbonyl (C=O) groups is 2. The minimum Gasteiger partial charge on any atom is -0.494 e. The zero-order valence-corrected chi connectivity index (χ0v) is 14.8. The van der Waals surface area contributed by atoms with Crippen molar-refractivity contribution in [3.8, 4) is 5.75 Å². The molecular weight excluding hydrogens is 334 g/mol. The van der Waals surface area contributed by atoms with Gasteiger partial charge in [0.1, 0.15) is 12.4 Å². The Morgan fingerprint density at radius 3 is 2.35 bits per heavy atom. The van der Waals surface area contributed by atoms with Gasteiger partial charge < -0.3 is 19.5 Å². The van der Waals surface area contributed by atoms with Crippen molar-refractivity contribution in [1.82, 2.24) is 0 Å². The predicted molar refractivity (Wildman–Crippen MR) is 98.4 cm³/mol. The van der Waals surface area contributed by atoms with Gasteiger partial charge in [-0.1, -0.05) is 18.2 Å². The highest BCUT2D eigenvalue weighted by Gasteiger charge is 2.08. The Morgan fingerprint density at radius 1 is 0.923 bits per heavy atom. The second-order valence-electron chi connectivity index (χ2n) is 5.52. The molecule has 2 aromatic rings. The number of para-hydroxylation sites is 1. The Hall–Kier alpha value is -2.86. The van der Waals surface area contributed by atoms with Crippen molar-refractivity contribution in [2.45, 2.75) is 12.8 Å². The number of nitrogens with one attached hydrogen (secondary N) is 1. The summed E-state index contributed by atoms with van der Waals surface area (Å²) in [5.74, 6) is 0.274. The van der Waals surface area contributed by atoms with Crippen LogP contribution in [0.5, 0.6) is 5.75 Å². The van der Waals surface area contributed by atoms with E-state index in [0.717, 1.165) is 5.75 Å². The van der Waals surface area contributed by atoms with Crippen LogP contribution in [-0.2, 0) is 14.3 Å². The van der Waals surface area contributed by atoms with E-state index in [9.17, 15) is 9.59 Å². The van der Waals surface area contributed by atoms with Crippen molar-refractivity contribution in [3.05, 3.63) is 60.2 Å². The summed E-state index contributed by atoms with van der Waals surface area (Å²) in [7, 11) is 1.54. The van der Waals surface area contributed by atoms with E-state index < -0.39 is 5.97 Å². The quantitative estimate of drug-likeness (QED) is 0.522. The molecular formula is C20H23NO5. The van der Waals surface area contributed by atoms with Crippen LogP contribution in [0.1, 0.15) is 23.2 Å². The number of methoxy groups -OCH3 is 1. The maximum absolute atomic E-state index is 11.9. The van der Waals surface area contributed by atoms with Crippen molar-refractivity contribution in [2.75, 3.05) is 32.2 Å². The first-order chi connectivity index (χ1) is 12.7. The van der Waals surface area contributed by atoms with Gasteiger partial charge in [0.15, 0.2) is 0 Å². The minimum absolute atomic E-state index is 0.0999. The van der Waals surface area contributed by atoms with Gasteiger partial charge in [-0.2, -0.15) is 0 Å². The Morgan fingerprint density at radius 2 is 1.65 bits per heavy atom. The molecule has 2 aromatic carbocycles. The fraction of sp³-hybridized carbons (Fsp3) is 0.300. The highest BCUT2D eigenvalue weighted by Crippen LogP contribution is 2.12. The molecule has 138 valence electrons. The molecule has 0 atom stereocenters. The predicted octanol–water partition coefficient (Wildman–Crippen LogP) is 3.29. The number of rotatable bonds is 10. The fourth-order valence-electron chi connectivity index (χ4n) is 2.15. The first-order valence-corrected chi connectivity index (χ1v) is 8.43. The van der Waals surface area contributed by atoms with E-state index in [1.54, 1.807) is 31.4 Å². The highest BCUT2D eigenvalue weighted by atomic mass is 16.6. The summed E-state index contributed by atoms with van der Waals surface area (Å²) < 4.78 is 15.4. The van der Waals surface area contributed by atoms with Crippen molar-refractivity contribution < 1.29 is 23.8 Å². The summed E-state index contributed by atoms with van der Waals surface area (Å²) in [5.41, 5.74) is 1.06. The van der Waals surface area contributed by atoms with E-state index in [2.05, 4.69) is 5.32 Å². The van der Waals surface area contributed by atoms with Crippen LogP contribution in [0.2, 0.25) is 0 Å². The third-order valence-electron chi connectivity index (χ3n) is 3.49. The molecule has 1 amide bonds. The Balaban J connectivity index is 1.69. The number of anilines is 1. The smallest absolute Gasteiger partial charge is 0.338 e. The van der Waals surface area contributed by atoms with Crippen LogP contribution >= 0.6 is 0 Å². The Bertz CT molecular complexity index is 685. The Labute approximate surface area is 153 Å². The lowest BCUT2D eigenvalue weighted by Crippen LogP contribution is -2.13. The maximum atomic E-state index is 11.9. The molecule has 0 fully saturated rings. The van der Waals surface area contributed by atoms with Crippen LogP contribution in [0.4, 0.5) is 5.69 Å². The monoisotopic (exact) mass is 357 g/mol. The van der Waals surface area contributed by atoms with Crippen LogP contribution in [-0.4, -0.2) is 38.8 Å². The van der Waals surface area contributed by atoms with Gasteiger partial charge in [0, 0.05) is 19.2 Å². The van der Waals surface area contributed by atoms with E-state index >= 15 is 0 Å². The second-order valence-corrected chi connectivity index (χ2v) is 5.52. The molecule has 0 aliphatic heterocycles. The lowest BCUT2D eigenvalue weighted by Gasteiger charge is -2.08. The van der Waals surface area contributed by atoms with Crippen LogP contribution in [0.3, 0.4) is 0 Å². The third kappa shape index (κ3) is 6.94. The molecule has 0 radical (unpaired) electrons. The standard InChI is InChI=1S/C20H23NO5/c1-24-14-15-26-20(23)16-9-11-17(12-10-16)21-19(22)8-5-13-25-18-6-3-2-4-7-18/h2-4,6-7,9-12H,5,8,13-15H2,1H3,(H,21,22). The van der Waals surface area contributed by atoms with Crippen molar-refractivity contribution in [3.63, 3.8) is 0 Å². The van der Waals surface area contributed by atoms with Crippen molar-refractivity contribution in [2.24, 2.45) is 0 Å². The molecule has 26 heavy (non-hydrogen) atoms. The van der Waals surface area contributed by atoms with Gasteiger partial charge in [0.2, 0.25) is 5.91 Å². The molecule has 0 aromatic heterocycles. The maximum Gasteiger partial charge on any atom is 0.338 e. The summed E-state index contributed by atoms with van der Waals surface area (Å²) >= 11 is 0. The normalized spacial score (nSPS) is 10.2. The fourth-order valence-corrected chi connectivity index (χ4v) is 2.15. The second kappa shape index (κ2) is 10.9. The van der Waals surface area contributed by atoms with Gasteiger partial charge in [0.05, 0.1) is 18.8 Å². The number of ether oxygens (including phenoxy) is 3. The van der Waals surface area contributed by atoms with E-state index in [4.69, 9.17) is 14.2 Å². The SMILES string of the molecule is COCCOC(=O)c1ccc(NC(=O)CCCOc2ccccc2)cc1. The zero-order chi connectivity index (χ0) is 18.6. The van der Waals surface area contributed by atoms with Crippen molar-refractivity contribution >= 4 is 17.6 Å². The molecule has 0 saturated carbocycles. The average molecular weight is 357 g/mol. The largest absolute Gasteiger partial charge is 0.494 e. The summed E-state index contributed by atoms with van der Waals surface area (Å²) in [6.07, 6.45) is 0.971. The number of hydrogen-bond acceptors (Lipinski definition) is 5. The summed E-state index contributed by atoms with van der Waals surface area (Å²) in [4.78, 5) is 23.7. The van der Waals surface area contributed by atoms with E-state index in [0.29, 0.717) is 37.3 Å². The number of benzene rings is 2. The number of hydrogen-bond donors (Lipinski definition) is 1. The van der Waals surface area contributed by atoms with E-state index in [1.807, 2.05) is 30.3 Å². The lowest BCUT2D eigenvalue weighted by atomic mass is 10.2. The van der Waals surface area contributed by atoms with Crippen LogP contribution in [0.15, 0.2) is 54.6 Å². The average Bonchev–Trinajstić information content (AvgIpc) is 2.67. The molecule has 0 heterocycles. The number of carbonyl (C=O) groups excluding carboxylic acids is 2. The van der Waals surface area contributed by atoms with E-state index in [-0.39, 0.29) is 12.5 Å². The van der Waals surface area contributed by atoms with E-state index in [1.165, 1.54) is 0 Å². The highest BCUT2D eigenvalue weighted by molar-refractivity contribution is 5.93. The van der Waals surface area contributed by atoms with Gasteiger partial charge in [-0.3, -0.25) is 4.79 Å². The first-order valence-electron chi connectivity index (χ1n) is 8.43. The molecule has 1 N–H and O–H groups in total.